The molecule has 1 unspecified atom stereocenters. The number of rotatable bonds is 11. The summed E-state index contributed by atoms with van der Waals surface area (Å²) >= 11 is 0. The minimum absolute atomic E-state index is 0.0819. The van der Waals surface area contributed by atoms with Gasteiger partial charge >= 0.3 is 6.03 Å². The van der Waals surface area contributed by atoms with Crippen LogP contribution in [0, 0.1) is 0 Å². The highest BCUT2D eigenvalue weighted by molar-refractivity contribution is 6.00. The summed E-state index contributed by atoms with van der Waals surface area (Å²) in [5, 5.41) is 8.30. The lowest BCUT2D eigenvalue weighted by molar-refractivity contribution is -0.116. The fourth-order valence-electron chi connectivity index (χ4n) is 3.38. The number of amides is 3. The maximum atomic E-state index is 12.3. The largest absolute Gasteiger partial charge is 0.494 e. The van der Waals surface area contributed by atoms with Gasteiger partial charge in [0.1, 0.15) is 5.75 Å². The third-order valence-electron chi connectivity index (χ3n) is 5.17. The third-order valence-corrected chi connectivity index (χ3v) is 5.17. The van der Waals surface area contributed by atoms with Crippen molar-refractivity contribution in [1.29, 1.82) is 0 Å². The third kappa shape index (κ3) is 8.23. The number of carbonyl (C=O) groups excluding carboxylic acids is 3. The van der Waals surface area contributed by atoms with Crippen LogP contribution >= 0.6 is 0 Å². The quantitative estimate of drug-likeness (QED) is 0.438. The molecule has 8 nitrogen and oxygen atoms in total. The summed E-state index contributed by atoms with van der Waals surface area (Å²) in [6.07, 6.45) is 3.18. The Labute approximate surface area is 194 Å². The Hall–Kier alpha value is -3.39. The number of hydrogen-bond donors (Lipinski definition) is 3. The Kier molecular flexibility index (Phi) is 9.26. The van der Waals surface area contributed by atoms with Gasteiger partial charge in [-0.2, -0.15) is 0 Å². The molecule has 0 radical (unpaired) electrons. The molecular weight excluding hydrogens is 422 g/mol. The summed E-state index contributed by atoms with van der Waals surface area (Å²) in [4.78, 5) is 36.5. The van der Waals surface area contributed by atoms with Gasteiger partial charge in [-0.15, -0.1) is 0 Å². The summed E-state index contributed by atoms with van der Waals surface area (Å²) in [6, 6.07) is 13.5. The Morgan fingerprint density at radius 3 is 2.30 bits per heavy atom. The molecule has 0 spiro atoms. The fourth-order valence-corrected chi connectivity index (χ4v) is 3.38. The van der Waals surface area contributed by atoms with Crippen molar-refractivity contribution < 1.29 is 23.9 Å². The lowest BCUT2D eigenvalue weighted by Crippen LogP contribution is -2.35. The van der Waals surface area contributed by atoms with E-state index in [-0.39, 0.29) is 36.7 Å². The second kappa shape index (κ2) is 12.6. The predicted octanol–water partition coefficient (Wildman–Crippen LogP) is 4.38. The molecule has 2 aromatic rings. The van der Waals surface area contributed by atoms with Crippen LogP contribution in [0.1, 0.15) is 49.4 Å². The van der Waals surface area contributed by atoms with Crippen molar-refractivity contribution in [3.63, 3.8) is 0 Å². The number of Topliss-reactive ketones (excluding diaryl/α,β-unsaturated/α-hetero) is 1. The molecule has 1 fully saturated rings. The van der Waals surface area contributed by atoms with E-state index in [1.807, 2.05) is 6.92 Å². The van der Waals surface area contributed by atoms with Crippen molar-refractivity contribution in [3.8, 4) is 5.75 Å². The van der Waals surface area contributed by atoms with Gasteiger partial charge in [-0.1, -0.05) is 6.92 Å². The summed E-state index contributed by atoms with van der Waals surface area (Å²) in [6.45, 7) is 3.89. The molecule has 2 aromatic carbocycles. The van der Waals surface area contributed by atoms with Crippen molar-refractivity contribution >= 4 is 29.1 Å². The van der Waals surface area contributed by atoms with Crippen molar-refractivity contribution in [2.45, 2.75) is 45.1 Å². The molecule has 8 heteroatoms. The van der Waals surface area contributed by atoms with Crippen LogP contribution in [0.2, 0.25) is 0 Å². The van der Waals surface area contributed by atoms with Crippen molar-refractivity contribution in [1.82, 2.24) is 5.32 Å². The van der Waals surface area contributed by atoms with Crippen molar-refractivity contribution in [2.24, 2.45) is 0 Å². The first-order valence-corrected chi connectivity index (χ1v) is 11.4. The number of anilines is 2. The van der Waals surface area contributed by atoms with Gasteiger partial charge in [0.2, 0.25) is 5.91 Å². The Morgan fingerprint density at radius 2 is 1.67 bits per heavy atom. The maximum absolute atomic E-state index is 12.3. The van der Waals surface area contributed by atoms with E-state index in [0.717, 1.165) is 31.6 Å². The number of nitrogens with one attached hydrogen (secondary N) is 3. The van der Waals surface area contributed by atoms with Crippen LogP contribution in [0.5, 0.6) is 5.75 Å². The lowest BCUT2D eigenvalue weighted by atomic mass is 10.1. The molecule has 0 saturated carbocycles. The maximum Gasteiger partial charge on any atom is 0.319 e. The average molecular weight is 454 g/mol. The zero-order chi connectivity index (χ0) is 23.5. The molecule has 3 rings (SSSR count). The van der Waals surface area contributed by atoms with E-state index in [0.29, 0.717) is 30.1 Å². The zero-order valence-electron chi connectivity index (χ0n) is 18.9. The van der Waals surface area contributed by atoms with Gasteiger partial charge in [-0.25, -0.2) is 4.79 Å². The first-order chi connectivity index (χ1) is 16.0. The topological polar surface area (TPSA) is 106 Å². The minimum Gasteiger partial charge on any atom is -0.494 e. The van der Waals surface area contributed by atoms with Gasteiger partial charge in [0.15, 0.2) is 5.78 Å². The van der Waals surface area contributed by atoms with Crippen LogP contribution in [0.4, 0.5) is 16.2 Å². The summed E-state index contributed by atoms with van der Waals surface area (Å²) < 4.78 is 11.0. The first kappa shape index (κ1) is 24.3. The zero-order valence-corrected chi connectivity index (χ0v) is 18.9. The van der Waals surface area contributed by atoms with Crippen LogP contribution in [0.15, 0.2) is 48.5 Å². The number of ether oxygens (including phenoxy) is 2. The van der Waals surface area contributed by atoms with Crippen molar-refractivity contribution in [3.05, 3.63) is 54.1 Å². The van der Waals surface area contributed by atoms with Gasteiger partial charge in [-0.3, -0.25) is 9.59 Å². The van der Waals surface area contributed by atoms with Crippen LogP contribution in [-0.4, -0.2) is 43.6 Å². The van der Waals surface area contributed by atoms with Gasteiger partial charge in [-0.05, 0) is 67.8 Å². The predicted molar refractivity (Wildman–Crippen MR) is 127 cm³/mol. The highest BCUT2D eigenvalue weighted by Crippen LogP contribution is 2.16. The summed E-state index contributed by atoms with van der Waals surface area (Å²) in [7, 11) is 0. The van der Waals surface area contributed by atoms with E-state index in [9.17, 15) is 14.4 Å². The van der Waals surface area contributed by atoms with Crippen LogP contribution in [0.3, 0.4) is 0 Å². The van der Waals surface area contributed by atoms with Crippen molar-refractivity contribution in [2.75, 3.05) is 30.4 Å². The molecule has 0 bridgehead atoms. The molecule has 0 aromatic heterocycles. The average Bonchev–Trinajstić information content (AvgIpc) is 3.35. The molecule has 1 aliphatic heterocycles. The lowest BCUT2D eigenvalue weighted by Gasteiger charge is -2.12. The van der Waals surface area contributed by atoms with Crippen LogP contribution < -0.4 is 20.7 Å². The number of carbonyl (C=O) groups is 3. The molecule has 1 aliphatic rings. The molecular formula is C25H31N3O5. The smallest absolute Gasteiger partial charge is 0.319 e. The number of urea groups is 1. The van der Waals surface area contributed by atoms with E-state index < -0.39 is 0 Å². The van der Waals surface area contributed by atoms with Gasteiger partial charge in [0, 0.05) is 42.9 Å². The number of benzene rings is 2. The first-order valence-electron chi connectivity index (χ1n) is 11.4. The number of hydrogen-bond acceptors (Lipinski definition) is 5. The second-order valence-corrected chi connectivity index (χ2v) is 7.89. The Morgan fingerprint density at radius 1 is 0.970 bits per heavy atom. The normalized spacial score (nSPS) is 15.0. The fraction of sp³-hybridized carbons (Fsp3) is 0.400. The van der Waals surface area contributed by atoms with Crippen LogP contribution in [-0.2, 0) is 9.53 Å². The van der Waals surface area contributed by atoms with E-state index in [1.165, 1.54) is 0 Å². The van der Waals surface area contributed by atoms with E-state index in [4.69, 9.17) is 9.47 Å². The minimum atomic E-state index is -0.300. The molecule has 1 atom stereocenters. The van der Waals surface area contributed by atoms with Gasteiger partial charge < -0.3 is 25.4 Å². The molecule has 176 valence electrons. The number of ketones is 1. The Bertz CT molecular complexity index is 922. The van der Waals surface area contributed by atoms with Gasteiger partial charge in [0.25, 0.3) is 0 Å². The summed E-state index contributed by atoms with van der Waals surface area (Å²) in [5.74, 6) is 0.381. The van der Waals surface area contributed by atoms with E-state index in [2.05, 4.69) is 16.0 Å². The molecule has 1 heterocycles. The molecule has 3 amide bonds. The molecule has 0 aliphatic carbocycles. The highest BCUT2D eigenvalue weighted by Gasteiger charge is 2.16. The highest BCUT2D eigenvalue weighted by atomic mass is 16.5. The monoisotopic (exact) mass is 453 g/mol. The summed E-state index contributed by atoms with van der Waals surface area (Å²) in [5.41, 5.74) is 1.76. The SMILES string of the molecule is CCCOc1ccc(C(=O)CCC(=O)Nc2ccc(NC(=O)NCC3CCCO3)cc2)cc1. The van der Waals surface area contributed by atoms with E-state index >= 15 is 0 Å². The second-order valence-electron chi connectivity index (χ2n) is 7.89. The Balaban J connectivity index is 1.38. The standard InChI is InChI=1S/C25H31N3O5/c1-2-15-32-21-11-5-18(6-12-21)23(29)13-14-24(30)27-19-7-9-20(10-8-19)28-25(31)26-17-22-4-3-16-33-22/h5-12,22H,2-4,13-17H2,1H3,(H,27,30)(H2,26,28,31). The van der Waals surface area contributed by atoms with Crippen LogP contribution in [0.25, 0.3) is 0 Å². The van der Waals surface area contributed by atoms with Gasteiger partial charge in [0.05, 0.1) is 12.7 Å². The van der Waals surface area contributed by atoms with E-state index in [1.54, 1.807) is 48.5 Å². The molecule has 1 saturated heterocycles. The molecule has 3 N–H and O–H groups in total. The molecule has 33 heavy (non-hydrogen) atoms.